The highest BCUT2D eigenvalue weighted by Gasteiger charge is 2.61. The van der Waals surface area contributed by atoms with Crippen molar-refractivity contribution < 1.29 is 19.4 Å². The number of aliphatic imine (C=N–C) groups is 1. The second-order valence-electron chi connectivity index (χ2n) is 9.71. The summed E-state index contributed by atoms with van der Waals surface area (Å²) in [5, 5.41) is 9.75. The third-order valence-electron chi connectivity index (χ3n) is 7.81. The number of benzene rings is 3. The summed E-state index contributed by atoms with van der Waals surface area (Å²) >= 11 is 0. The molecule has 6 heteroatoms. The van der Waals surface area contributed by atoms with Gasteiger partial charge in [0.05, 0.1) is 17.4 Å². The summed E-state index contributed by atoms with van der Waals surface area (Å²) < 4.78 is 12.2. The van der Waals surface area contributed by atoms with Gasteiger partial charge in [-0.2, -0.15) is 4.99 Å². The summed E-state index contributed by atoms with van der Waals surface area (Å²) in [5.74, 6) is -0.234. The maximum atomic E-state index is 14.1. The van der Waals surface area contributed by atoms with Gasteiger partial charge in [0.25, 0.3) is 11.9 Å². The van der Waals surface area contributed by atoms with Crippen LogP contribution in [0, 0.1) is 5.41 Å². The number of amidine groups is 1. The lowest BCUT2D eigenvalue weighted by Gasteiger charge is -2.52. The van der Waals surface area contributed by atoms with Crippen LogP contribution in [0.25, 0.3) is 0 Å². The molecule has 0 aliphatic carbocycles. The van der Waals surface area contributed by atoms with Crippen LogP contribution in [0.4, 0.5) is 0 Å². The van der Waals surface area contributed by atoms with Crippen LogP contribution >= 0.6 is 0 Å². The van der Waals surface area contributed by atoms with Crippen molar-refractivity contribution >= 4 is 11.9 Å². The number of carbonyl (C=O) groups excluding carboxylic acids is 1. The highest BCUT2D eigenvalue weighted by atomic mass is 16.6. The van der Waals surface area contributed by atoms with E-state index in [1.54, 1.807) is 0 Å². The first-order valence-corrected chi connectivity index (χ1v) is 12.1. The largest absolute Gasteiger partial charge is 0.458 e. The topological polar surface area (TPSA) is 71.4 Å². The second-order valence-corrected chi connectivity index (χ2v) is 9.71. The van der Waals surface area contributed by atoms with Crippen LogP contribution in [0.2, 0.25) is 0 Å². The van der Waals surface area contributed by atoms with E-state index in [2.05, 4.69) is 41.4 Å². The Hall–Kier alpha value is -3.48. The molecular weight excluding hydrogens is 440 g/mol. The minimum Gasteiger partial charge on any atom is -0.458 e. The number of aliphatic hydroxyl groups excluding tert-OH is 1. The molecular formula is C29H28N2O4. The molecule has 0 aromatic heterocycles. The van der Waals surface area contributed by atoms with Crippen LogP contribution in [-0.2, 0) is 19.7 Å². The molecule has 3 heterocycles. The van der Waals surface area contributed by atoms with Gasteiger partial charge in [-0.15, -0.1) is 0 Å². The van der Waals surface area contributed by atoms with E-state index in [1.165, 1.54) is 0 Å². The van der Waals surface area contributed by atoms with Gasteiger partial charge < -0.3 is 14.6 Å². The number of carbonyl (C=O) groups is 1. The number of fused-ring (bicyclic) bond motifs is 4. The van der Waals surface area contributed by atoms with E-state index in [0.717, 1.165) is 16.7 Å². The van der Waals surface area contributed by atoms with E-state index in [1.807, 2.05) is 66.4 Å². The molecule has 1 amide bonds. The molecule has 35 heavy (non-hydrogen) atoms. The smallest absolute Gasteiger partial charge is 0.297 e. The van der Waals surface area contributed by atoms with Gasteiger partial charge in [-0.3, -0.25) is 9.69 Å². The number of amides is 1. The summed E-state index contributed by atoms with van der Waals surface area (Å²) in [6, 6.07) is 30.9. The molecule has 4 atom stereocenters. The fraction of sp³-hybridized carbons (Fsp3) is 0.310. The Morgan fingerprint density at radius 1 is 0.943 bits per heavy atom. The molecule has 2 bridgehead atoms. The average Bonchev–Trinajstić information content (AvgIpc) is 3.25. The van der Waals surface area contributed by atoms with Gasteiger partial charge in [0.1, 0.15) is 18.4 Å². The van der Waals surface area contributed by atoms with Crippen LogP contribution < -0.4 is 0 Å². The van der Waals surface area contributed by atoms with Crippen LogP contribution in [0.1, 0.15) is 30.0 Å². The van der Waals surface area contributed by atoms with Gasteiger partial charge >= 0.3 is 0 Å². The molecule has 3 aromatic carbocycles. The summed E-state index contributed by atoms with van der Waals surface area (Å²) in [4.78, 5) is 20.6. The minimum atomic E-state index is -0.989. The first-order valence-electron chi connectivity index (χ1n) is 12.1. The van der Waals surface area contributed by atoms with Crippen molar-refractivity contribution in [3.63, 3.8) is 0 Å². The highest BCUT2D eigenvalue weighted by molar-refractivity contribution is 5.99. The number of rotatable bonds is 5. The minimum absolute atomic E-state index is 0.129. The monoisotopic (exact) mass is 468 g/mol. The van der Waals surface area contributed by atoms with E-state index in [-0.39, 0.29) is 24.8 Å². The predicted molar refractivity (Wildman–Crippen MR) is 132 cm³/mol. The van der Waals surface area contributed by atoms with Gasteiger partial charge in [-0.05, 0) is 23.6 Å². The van der Waals surface area contributed by atoms with Crippen LogP contribution in [0.3, 0.4) is 0 Å². The van der Waals surface area contributed by atoms with Crippen LogP contribution in [0.5, 0.6) is 0 Å². The Kier molecular flexibility index (Phi) is 5.24. The Morgan fingerprint density at radius 2 is 1.46 bits per heavy atom. The van der Waals surface area contributed by atoms with Crippen molar-refractivity contribution in [2.75, 3.05) is 13.2 Å². The quantitative estimate of drug-likeness (QED) is 0.578. The number of hydrogen-bond acceptors (Lipinski definition) is 5. The van der Waals surface area contributed by atoms with Crippen molar-refractivity contribution in [3.8, 4) is 0 Å². The Morgan fingerprint density at radius 3 is 1.94 bits per heavy atom. The standard InChI is InChI=1S/C29H28N2O4/c1-28(19-31-25-17-23(24(18-32)34-25)35-27(31)30-26(28)33)29(20-11-5-2-6-12-20,21-13-7-3-8-14-21)22-15-9-4-10-16-22/h2-16,23-25,32H,17-19H2,1H3. The SMILES string of the molecule is CC1(C(c2ccccc2)(c2ccccc2)c2ccccc2)CN2C(=NC1=O)OC1CC2OC1CO. The molecule has 6 rings (SSSR count). The maximum Gasteiger partial charge on any atom is 0.297 e. The highest BCUT2D eigenvalue weighted by Crippen LogP contribution is 2.55. The Bertz CT molecular complexity index is 1150. The number of nitrogens with zero attached hydrogens (tertiary/aromatic N) is 2. The van der Waals surface area contributed by atoms with E-state index in [4.69, 9.17) is 9.47 Å². The molecule has 1 N–H and O–H groups in total. The van der Waals surface area contributed by atoms with Gasteiger partial charge in [-0.25, -0.2) is 0 Å². The zero-order chi connectivity index (χ0) is 24.0. The zero-order valence-electron chi connectivity index (χ0n) is 19.6. The molecule has 0 saturated carbocycles. The number of hydrogen-bond donors (Lipinski definition) is 1. The van der Waals surface area contributed by atoms with Crippen molar-refractivity contribution in [2.45, 2.75) is 37.2 Å². The van der Waals surface area contributed by atoms with Crippen molar-refractivity contribution in [1.29, 1.82) is 0 Å². The Balaban J connectivity index is 1.60. The predicted octanol–water partition coefficient (Wildman–Crippen LogP) is 3.73. The molecule has 3 aliphatic heterocycles. The molecule has 3 aromatic rings. The summed E-state index contributed by atoms with van der Waals surface area (Å²) in [6.07, 6.45) is -0.378. The summed E-state index contributed by atoms with van der Waals surface area (Å²) in [7, 11) is 0. The summed E-state index contributed by atoms with van der Waals surface area (Å²) in [5.41, 5.74) is 1.24. The fourth-order valence-corrected chi connectivity index (χ4v) is 6.18. The van der Waals surface area contributed by atoms with Gasteiger partial charge in [0.15, 0.2) is 0 Å². The lowest BCUT2D eigenvalue weighted by atomic mass is 9.53. The Labute approximate surface area is 204 Å². The molecule has 0 radical (unpaired) electrons. The average molecular weight is 469 g/mol. The first kappa shape index (κ1) is 22.0. The van der Waals surface area contributed by atoms with Crippen molar-refractivity contribution in [3.05, 3.63) is 108 Å². The zero-order valence-corrected chi connectivity index (χ0v) is 19.6. The maximum absolute atomic E-state index is 14.1. The second kappa shape index (κ2) is 8.33. The fourth-order valence-electron chi connectivity index (χ4n) is 6.18. The van der Waals surface area contributed by atoms with Gasteiger partial charge in [0, 0.05) is 13.0 Å². The third-order valence-corrected chi connectivity index (χ3v) is 7.81. The molecule has 3 aliphatic rings. The molecule has 6 nitrogen and oxygen atoms in total. The molecule has 4 unspecified atom stereocenters. The number of aliphatic hydroxyl groups is 1. The summed E-state index contributed by atoms with van der Waals surface area (Å²) in [6.45, 7) is 2.24. The van der Waals surface area contributed by atoms with E-state index >= 15 is 0 Å². The number of ether oxygens (including phenoxy) is 2. The van der Waals surface area contributed by atoms with E-state index < -0.39 is 16.9 Å². The first-order chi connectivity index (χ1) is 17.1. The van der Waals surface area contributed by atoms with E-state index in [9.17, 15) is 9.90 Å². The third kappa shape index (κ3) is 3.17. The van der Waals surface area contributed by atoms with E-state index in [0.29, 0.717) is 19.0 Å². The molecule has 2 saturated heterocycles. The van der Waals surface area contributed by atoms with Gasteiger partial charge in [-0.1, -0.05) is 91.0 Å². The van der Waals surface area contributed by atoms with Gasteiger partial charge in [0.2, 0.25) is 0 Å². The molecule has 2 fully saturated rings. The van der Waals surface area contributed by atoms with Crippen molar-refractivity contribution in [2.24, 2.45) is 10.4 Å². The molecule has 0 spiro atoms. The van der Waals surface area contributed by atoms with Crippen LogP contribution in [-0.4, -0.2) is 53.5 Å². The van der Waals surface area contributed by atoms with Crippen LogP contribution in [0.15, 0.2) is 96.0 Å². The lowest BCUT2D eigenvalue weighted by Crippen LogP contribution is -2.62. The molecule has 178 valence electrons. The normalized spacial score (nSPS) is 27.7. The lowest BCUT2D eigenvalue weighted by molar-refractivity contribution is -0.135. The van der Waals surface area contributed by atoms with Crippen molar-refractivity contribution in [1.82, 2.24) is 4.90 Å².